The average Bonchev–Trinajstić information content (AvgIpc) is 2.98. The minimum atomic E-state index is -1.61. The minimum absolute atomic E-state index is 0.176. The number of benzene rings is 2. The van der Waals surface area contributed by atoms with Gasteiger partial charge in [0.15, 0.2) is 18.7 Å². The number of nitrogens with one attached hydrogen (secondary N) is 2. The number of ether oxygens (including phenoxy) is 6. The molecule has 7 unspecified atom stereocenters. The van der Waals surface area contributed by atoms with Crippen LogP contribution in [0.3, 0.4) is 0 Å². The molecule has 14 nitrogen and oxygen atoms in total. The van der Waals surface area contributed by atoms with Gasteiger partial charge in [-0.1, -0.05) is 24.3 Å². The van der Waals surface area contributed by atoms with E-state index >= 15 is 0 Å². The first-order valence-electron chi connectivity index (χ1n) is 13.2. The van der Waals surface area contributed by atoms with Crippen molar-refractivity contribution in [2.24, 2.45) is 0 Å². The molecule has 2 heterocycles. The molecule has 2 aromatic rings. The monoisotopic (exact) mass is 614 g/mol. The van der Waals surface area contributed by atoms with Crippen LogP contribution in [0, 0.1) is 11.6 Å². The van der Waals surface area contributed by atoms with Crippen molar-refractivity contribution in [1.29, 1.82) is 0 Å². The lowest BCUT2D eigenvalue weighted by Gasteiger charge is -2.44. The maximum absolute atomic E-state index is 14.0. The number of para-hydroxylation sites is 2. The number of rotatable bonds is 9. The molecule has 0 spiro atoms. The summed E-state index contributed by atoms with van der Waals surface area (Å²) in [6.45, 7) is -1.30. The second-order valence-electron chi connectivity index (χ2n) is 9.63. The SMILES string of the molecule is COC1OC(CO)[C@@H](OC2CC(O)[C@H](OC(=O)Nc3ccccc3F)C(COC(=O)Nc3ccccc3F)O2)C(O)C1O. The van der Waals surface area contributed by atoms with Crippen LogP contribution in [0.2, 0.25) is 0 Å². The molecule has 9 atom stereocenters. The van der Waals surface area contributed by atoms with E-state index in [1.165, 1.54) is 43.5 Å². The quantitative estimate of drug-likeness (QED) is 0.236. The molecule has 236 valence electrons. The van der Waals surface area contributed by atoms with Crippen LogP contribution in [-0.2, 0) is 28.4 Å². The number of halogens is 2. The third-order valence-corrected chi connectivity index (χ3v) is 6.71. The first-order valence-corrected chi connectivity index (χ1v) is 13.2. The molecule has 2 fully saturated rings. The normalized spacial score (nSPS) is 30.7. The molecule has 2 amide bonds. The molecule has 0 aromatic heterocycles. The van der Waals surface area contributed by atoms with E-state index in [4.69, 9.17) is 28.4 Å². The Morgan fingerprint density at radius 1 is 0.884 bits per heavy atom. The Hall–Kier alpha value is -3.48. The first-order chi connectivity index (χ1) is 20.6. The number of anilines is 2. The molecule has 43 heavy (non-hydrogen) atoms. The van der Waals surface area contributed by atoms with Crippen molar-refractivity contribution >= 4 is 23.6 Å². The van der Waals surface area contributed by atoms with E-state index in [9.17, 15) is 38.8 Å². The molecule has 0 radical (unpaired) electrons. The number of carbonyl (C=O) groups is 2. The predicted molar refractivity (Wildman–Crippen MR) is 141 cm³/mol. The number of aliphatic hydroxyl groups is 4. The van der Waals surface area contributed by atoms with Gasteiger partial charge in [-0.15, -0.1) is 0 Å². The number of hydrogen-bond donors (Lipinski definition) is 6. The summed E-state index contributed by atoms with van der Waals surface area (Å²) in [5.74, 6) is -1.48. The summed E-state index contributed by atoms with van der Waals surface area (Å²) in [5.41, 5.74) is -0.379. The molecule has 0 aliphatic carbocycles. The van der Waals surface area contributed by atoms with E-state index in [2.05, 4.69) is 10.6 Å². The highest BCUT2D eigenvalue weighted by Crippen LogP contribution is 2.30. The maximum Gasteiger partial charge on any atom is 0.412 e. The van der Waals surface area contributed by atoms with Crippen LogP contribution < -0.4 is 10.6 Å². The van der Waals surface area contributed by atoms with Crippen molar-refractivity contribution in [3.63, 3.8) is 0 Å². The van der Waals surface area contributed by atoms with Gasteiger partial charge in [0.1, 0.15) is 48.8 Å². The lowest BCUT2D eigenvalue weighted by Crippen LogP contribution is -2.62. The van der Waals surface area contributed by atoms with E-state index in [1.807, 2.05) is 0 Å². The summed E-state index contributed by atoms with van der Waals surface area (Å²) in [7, 11) is 1.23. The minimum Gasteiger partial charge on any atom is -0.446 e. The topological polar surface area (TPSA) is 194 Å². The van der Waals surface area contributed by atoms with Crippen molar-refractivity contribution in [3.05, 3.63) is 60.2 Å². The Kier molecular flexibility index (Phi) is 11.2. The van der Waals surface area contributed by atoms with Crippen LogP contribution in [-0.4, -0.2) is 108 Å². The maximum atomic E-state index is 14.0. The number of amides is 2. The molecule has 2 aliphatic heterocycles. The molecular formula is C27H32F2N2O12. The van der Waals surface area contributed by atoms with Crippen LogP contribution in [0.4, 0.5) is 29.7 Å². The lowest BCUT2D eigenvalue weighted by atomic mass is 9.98. The summed E-state index contributed by atoms with van der Waals surface area (Å²) < 4.78 is 60.3. The van der Waals surface area contributed by atoms with Crippen LogP contribution >= 0.6 is 0 Å². The van der Waals surface area contributed by atoms with Crippen molar-refractivity contribution in [2.75, 3.05) is 31.0 Å². The Balaban J connectivity index is 1.47. The highest BCUT2D eigenvalue weighted by Gasteiger charge is 2.49. The van der Waals surface area contributed by atoms with Gasteiger partial charge in [-0.25, -0.2) is 18.4 Å². The van der Waals surface area contributed by atoms with Crippen molar-refractivity contribution < 1.29 is 67.2 Å². The zero-order valence-corrected chi connectivity index (χ0v) is 22.7. The summed E-state index contributed by atoms with van der Waals surface area (Å²) in [6.07, 6.45) is -15.4. The Morgan fingerprint density at radius 3 is 2.07 bits per heavy atom. The summed E-state index contributed by atoms with van der Waals surface area (Å²) in [4.78, 5) is 25.0. The zero-order valence-electron chi connectivity index (χ0n) is 22.7. The Labute approximate surface area is 244 Å². The van der Waals surface area contributed by atoms with E-state index in [0.717, 1.165) is 12.1 Å². The van der Waals surface area contributed by atoms with Gasteiger partial charge >= 0.3 is 12.2 Å². The summed E-state index contributed by atoms with van der Waals surface area (Å²) >= 11 is 0. The largest absolute Gasteiger partial charge is 0.446 e. The van der Waals surface area contributed by atoms with E-state index in [1.54, 1.807) is 0 Å². The van der Waals surface area contributed by atoms with Gasteiger partial charge in [0.2, 0.25) is 0 Å². The van der Waals surface area contributed by atoms with Gasteiger partial charge in [0.05, 0.1) is 24.1 Å². The molecule has 2 saturated heterocycles. The molecule has 6 N–H and O–H groups in total. The molecule has 2 aromatic carbocycles. The van der Waals surface area contributed by atoms with Gasteiger partial charge in [0, 0.05) is 13.5 Å². The van der Waals surface area contributed by atoms with Gasteiger partial charge in [-0.2, -0.15) is 0 Å². The van der Waals surface area contributed by atoms with Crippen molar-refractivity contribution in [2.45, 2.75) is 61.7 Å². The van der Waals surface area contributed by atoms with Gasteiger partial charge in [0.25, 0.3) is 0 Å². The average molecular weight is 615 g/mol. The van der Waals surface area contributed by atoms with Gasteiger partial charge in [-0.3, -0.25) is 10.6 Å². The van der Waals surface area contributed by atoms with Crippen LogP contribution in [0.5, 0.6) is 0 Å². The highest BCUT2D eigenvalue weighted by molar-refractivity contribution is 5.85. The molecule has 4 rings (SSSR count). The third kappa shape index (κ3) is 8.12. The Morgan fingerprint density at radius 2 is 1.49 bits per heavy atom. The van der Waals surface area contributed by atoms with Gasteiger partial charge < -0.3 is 48.8 Å². The van der Waals surface area contributed by atoms with Crippen molar-refractivity contribution in [3.8, 4) is 0 Å². The fraction of sp³-hybridized carbons (Fsp3) is 0.481. The first kappa shape index (κ1) is 32.4. The van der Waals surface area contributed by atoms with Gasteiger partial charge in [-0.05, 0) is 24.3 Å². The number of carbonyl (C=O) groups excluding carboxylic acids is 2. The summed E-state index contributed by atoms with van der Waals surface area (Å²) in [6, 6.07) is 10.6. The molecular weight excluding hydrogens is 582 g/mol. The predicted octanol–water partition coefficient (Wildman–Crippen LogP) is 1.08. The third-order valence-electron chi connectivity index (χ3n) is 6.71. The summed E-state index contributed by atoms with van der Waals surface area (Å²) in [5, 5.41) is 45.9. The number of hydrogen-bond acceptors (Lipinski definition) is 12. The number of aliphatic hydroxyl groups excluding tert-OH is 4. The smallest absolute Gasteiger partial charge is 0.412 e. The highest BCUT2D eigenvalue weighted by atomic mass is 19.1. The second kappa shape index (κ2) is 14.8. The second-order valence-corrected chi connectivity index (χ2v) is 9.63. The van der Waals surface area contributed by atoms with E-state index < -0.39 is 92.3 Å². The van der Waals surface area contributed by atoms with Crippen LogP contribution in [0.15, 0.2) is 48.5 Å². The van der Waals surface area contributed by atoms with Crippen LogP contribution in [0.1, 0.15) is 6.42 Å². The van der Waals surface area contributed by atoms with E-state index in [-0.39, 0.29) is 17.8 Å². The molecule has 0 saturated carbocycles. The van der Waals surface area contributed by atoms with Crippen LogP contribution in [0.25, 0.3) is 0 Å². The Bertz CT molecular complexity index is 1240. The van der Waals surface area contributed by atoms with E-state index in [0.29, 0.717) is 0 Å². The number of methoxy groups -OCH3 is 1. The zero-order chi connectivity index (χ0) is 31.1. The lowest BCUT2D eigenvalue weighted by molar-refractivity contribution is -0.339. The standard InChI is InChI=1S/C27H32F2N2O12/c1-38-25-22(35)21(34)24(18(11-32)41-25)42-20-10-17(33)23(43-27(37)31-16-9-5-3-7-14(16)29)19(40-20)12-39-26(36)30-15-8-4-2-6-13(15)28/h2-9,17-25,32-35H,10-12H2,1H3,(H,30,36)(H,31,37)/t17?,18?,19?,20?,21?,22?,23-,24+,25?/m0/s1. The fourth-order valence-corrected chi connectivity index (χ4v) is 4.57. The molecule has 2 aliphatic rings. The van der Waals surface area contributed by atoms with Crippen molar-refractivity contribution in [1.82, 2.24) is 0 Å². The molecule has 16 heteroatoms. The fourth-order valence-electron chi connectivity index (χ4n) is 4.57. The molecule has 0 bridgehead atoms.